The van der Waals surface area contributed by atoms with Crippen LogP contribution in [0.2, 0.25) is 0 Å². The Labute approximate surface area is 97.0 Å². The zero-order valence-electron chi connectivity index (χ0n) is 8.01. The van der Waals surface area contributed by atoms with Gasteiger partial charge in [0.15, 0.2) is 10.5 Å². The number of benzene rings is 1. The Balaban J connectivity index is 1.72. The molecule has 78 valence electrons. The number of ether oxygens (including phenoxy) is 2. The average molecular weight is 238 g/mol. The van der Waals surface area contributed by atoms with E-state index in [2.05, 4.69) is 30.8 Å². The summed E-state index contributed by atoms with van der Waals surface area (Å²) in [6.45, 7) is 3.72. The molecule has 2 nitrogen and oxygen atoms in total. The third kappa shape index (κ3) is 1.77. The molecule has 0 N–H and O–H groups in total. The minimum Gasteiger partial charge on any atom is -0.469 e. The third-order valence-corrected chi connectivity index (χ3v) is 4.32. The second kappa shape index (κ2) is 3.77. The molecule has 0 aromatic heterocycles. The zero-order valence-corrected chi connectivity index (χ0v) is 9.64. The summed E-state index contributed by atoms with van der Waals surface area (Å²) < 4.78 is 10.8. The maximum atomic E-state index is 5.40. The molecule has 4 heteroatoms. The third-order valence-electron chi connectivity index (χ3n) is 2.40. The van der Waals surface area contributed by atoms with E-state index in [0.717, 1.165) is 11.0 Å². The second-order valence-electron chi connectivity index (χ2n) is 3.39. The van der Waals surface area contributed by atoms with Gasteiger partial charge in [0.25, 0.3) is 0 Å². The first-order valence-electron chi connectivity index (χ1n) is 4.68. The molecule has 15 heavy (non-hydrogen) atoms. The van der Waals surface area contributed by atoms with Gasteiger partial charge in [-0.2, -0.15) is 0 Å². The van der Waals surface area contributed by atoms with Crippen molar-refractivity contribution in [1.29, 1.82) is 0 Å². The highest BCUT2D eigenvalue weighted by atomic mass is 32.2. The van der Waals surface area contributed by atoms with Crippen LogP contribution >= 0.6 is 23.5 Å². The standard InChI is InChI=1S/C11H10O2S2/c1-7-13-11(15-7)9-4-2-8(3-5-9)10-12-6-14-10/h2-5,10-11H,1,6H2. The Hall–Kier alpha value is -0.580. The van der Waals surface area contributed by atoms with Crippen LogP contribution in [0.25, 0.3) is 0 Å². The van der Waals surface area contributed by atoms with Crippen LogP contribution in [0.1, 0.15) is 22.0 Å². The van der Waals surface area contributed by atoms with Crippen LogP contribution in [-0.2, 0) is 9.47 Å². The summed E-state index contributed by atoms with van der Waals surface area (Å²) >= 11 is 3.48. The lowest BCUT2D eigenvalue weighted by Crippen LogP contribution is -2.12. The number of thioether (sulfide) groups is 2. The summed E-state index contributed by atoms with van der Waals surface area (Å²) in [6.07, 6.45) is 0. The molecule has 0 spiro atoms. The van der Waals surface area contributed by atoms with Gasteiger partial charge in [-0.25, -0.2) is 0 Å². The minimum absolute atomic E-state index is 0.140. The quantitative estimate of drug-likeness (QED) is 0.782. The fourth-order valence-electron chi connectivity index (χ4n) is 1.52. The minimum atomic E-state index is 0.140. The van der Waals surface area contributed by atoms with Gasteiger partial charge in [0.2, 0.25) is 0 Å². The maximum absolute atomic E-state index is 5.40. The highest BCUT2D eigenvalue weighted by Crippen LogP contribution is 2.48. The Morgan fingerprint density at radius 3 is 2.07 bits per heavy atom. The van der Waals surface area contributed by atoms with Crippen molar-refractivity contribution in [1.82, 2.24) is 0 Å². The van der Waals surface area contributed by atoms with Crippen molar-refractivity contribution >= 4 is 23.5 Å². The molecule has 0 amide bonds. The monoisotopic (exact) mass is 238 g/mol. The molecule has 2 heterocycles. The van der Waals surface area contributed by atoms with E-state index in [9.17, 15) is 0 Å². The molecule has 0 radical (unpaired) electrons. The highest BCUT2D eigenvalue weighted by molar-refractivity contribution is 8.04. The molecule has 3 rings (SSSR count). The summed E-state index contributed by atoms with van der Waals surface area (Å²) in [5.41, 5.74) is 2.81. The van der Waals surface area contributed by atoms with E-state index in [0.29, 0.717) is 0 Å². The van der Waals surface area contributed by atoms with Crippen molar-refractivity contribution in [2.24, 2.45) is 0 Å². The van der Waals surface area contributed by atoms with Gasteiger partial charge in [-0.1, -0.05) is 36.0 Å². The van der Waals surface area contributed by atoms with Gasteiger partial charge in [-0.05, 0) is 23.9 Å². The smallest absolute Gasteiger partial charge is 0.177 e. The summed E-state index contributed by atoms with van der Waals surface area (Å²) in [5.74, 6) is 0.813. The van der Waals surface area contributed by atoms with E-state index in [-0.39, 0.29) is 10.9 Å². The molecule has 1 aromatic carbocycles. The Morgan fingerprint density at radius 1 is 1.13 bits per heavy atom. The molecule has 2 fully saturated rings. The van der Waals surface area contributed by atoms with E-state index < -0.39 is 0 Å². The van der Waals surface area contributed by atoms with Crippen molar-refractivity contribution < 1.29 is 9.47 Å². The van der Waals surface area contributed by atoms with Crippen molar-refractivity contribution in [2.45, 2.75) is 10.9 Å². The van der Waals surface area contributed by atoms with Crippen LogP contribution in [-0.4, -0.2) is 5.94 Å². The van der Waals surface area contributed by atoms with Crippen LogP contribution < -0.4 is 0 Å². The second-order valence-corrected chi connectivity index (χ2v) is 5.51. The fraction of sp³-hybridized carbons (Fsp3) is 0.273. The highest BCUT2D eigenvalue weighted by Gasteiger charge is 2.27. The molecule has 1 aromatic rings. The summed E-state index contributed by atoms with van der Waals surface area (Å²) in [6, 6.07) is 8.41. The zero-order chi connectivity index (χ0) is 10.3. The number of hydrogen-bond donors (Lipinski definition) is 0. The van der Waals surface area contributed by atoms with E-state index in [1.807, 2.05) is 11.8 Å². The van der Waals surface area contributed by atoms with Gasteiger partial charge in [0, 0.05) is 5.56 Å². The van der Waals surface area contributed by atoms with Crippen molar-refractivity contribution in [3.63, 3.8) is 0 Å². The first-order valence-corrected chi connectivity index (χ1v) is 6.61. The van der Waals surface area contributed by atoms with Crippen LogP contribution in [0.3, 0.4) is 0 Å². The fourth-order valence-corrected chi connectivity index (χ4v) is 2.85. The molecule has 0 aliphatic carbocycles. The largest absolute Gasteiger partial charge is 0.469 e. The predicted molar refractivity (Wildman–Crippen MR) is 63.3 cm³/mol. The SMILES string of the molecule is C=C1OC(c2ccc(C3OCS3)cc2)S1. The van der Waals surface area contributed by atoms with Crippen LogP contribution in [0, 0.1) is 0 Å². The van der Waals surface area contributed by atoms with Crippen LogP contribution in [0.5, 0.6) is 0 Å². The van der Waals surface area contributed by atoms with Gasteiger partial charge in [-0.3, -0.25) is 0 Å². The van der Waals surface area contributed by atoms with Gasteiger partial charge in [-0.15, -0.1) is 0 Å². The lowest BCUT2D eigenvalue weighted by atomic mass is 10.1. The predicted octanol–water partition coefficient (Wildman–Crippen LogP) is 3.64. The van der Waals surface area contributed by atoms with Crippen molar-refractivity contribution in [2.75, 3.05) is 5.94 Å². The summed E-state index contributed by atoms with van der Waals surface area (Å²) in [7, 11) is 0. The molecule has 2 saturated heterocycles. The molecule has 2 atom stereocenters. The van der Waals surface area contributed by atoms with E-state index in [4.69, 9.17) is 9.47 Å². The maximum Gasteiger partial charge on any atom is 0.177 e. The van der Waals surface area contributed by atoms with Gasteiger partial charge < -0.3 is 9.47 Å². The molecule has 0 saturated carbocycles. The van der Waals surface area contributed by atoms with E-state index in [1.54, 1.807) is 11.8 Å². The number of rotatable bonds is 2. The summed E-state index contributed by atoms with van der Waals surface area (Å²) in [5, 5.41) is 0.807. The molecule has 0 bridgehead atoms. The Morgan fingerprint density at radius 2 is 1.67 bits per heavy atom. The molecule has 2 unspecified atom stereocenters. The Kier molecular flexibility index (Phi) is 2.42. The molecule has 2 aliphatic rings. The van der Waals surface area contributed by atoms with Crippen LogP contribution in [0.4, 0.5) is 0 Å². The molecular formula is C11H10O2S2. The van der Waals surface area contributed by atoms with Crippen LogP contribution in [0.15, 0.2) is 35.9 Å². The first kappa shape index (κ1) is 9.63. The van der Waals surface area contributed by atoms with Crippen molar-refractivity contribution in [3.8, 4) is 0 Å². The van der Waals surface area contributed by atoms with E-state index >= 15 is 0 Å². The Bertz CT molecular complexity index is 376. The van der Waals surface area contributed by atoms with E-state index in [1.165, 1.54) is 11.1 Å². The first-order chi connectivity index (χ1) is 7.33. The average Bonchev–Trinajstić information content (AvgIpc) is 2.12. The van der Waals surface area contributed by atoms with Gasteiger partial charge in [0.05, 0.1) is 5.94 Å². The normalized spacial score (nSPS) is 28.9. The summed E-state index contributed by atoms with van der Waals surface area (Å²) in [4.78, 5) is 0. The topological polar surface area (TPSA) is 18.5 Å². The van der Waals surface area contributed by atoms with Gasteiger partial charge in [0.1, 0.15) is 5.44 Å². The molecule has 2 aliphatic heterocycles. The van der Waals surface area contributed by atoms with Crippen molar-refractivity contribution in [3.05, 3.63) is 47.1 Å². The molecular weight excluding hydrogens is 228 g/mol. The lowest BCUT2D eigenvalue weighted by molar-refractivity contribution is 0.124. The van der Waals surface area contributed by atoms with Gasteiger partial charge >= 0.3 is 0 Å². The lowest BCUT2D eigenvalue weighted by Gasteiger charge is -2.30. The number of hydrogen-bond acceptors (Lipinski definition) is 4.